The van der Waals surface area contributed by atoms with Gasteiger partial charge in [-0.05, 0) is 44.7 Å². The molecule has 152 valence electrons. The van der Waals surface area contributed by atoms with E-state index in [1.165, 1.54) is 25.7 Å². The summed E-state index contributed by atoms with van der Waals surface area (Å²) in [6.45, 7) is 4.23. The van der Waals surface area contributed by atoms with E-state index in [-0.39, 0.29) is 42.7 Å². The lowest BCUT2D eigenvalue weighted by molar-refractivity contribution is -0.122. The Kier molecular flexibility index (Phi) is 7.36. The average Bonchev–Trinajstić information content (AvgIpc) is 3.10. The van der Waals surface area contributed by atoms with Crippen molar-refractivity contribution in [3.05, 3.63) is 6.07 Å². The molecule has 1 amide bonds. The van der Waals surface area contributed by atoms with Crippen molar-refractivity contribution in [1.29, 1.82) is 0 Å². The number of anilines is 3. The van der Waals surface area contributed by atoms with Gasteiger partial charge in [0.2, 0.25) is 11.9 Å². The molecule has 0 radical (unpaired) electrons. The zero-order chi connectivity index (χ0) is 17.4. The highest BCUT2D eigenvalue weighted by Crippen LogP contribution is 2.42. The van der Waals surface area contributed by atoms with Gasteiger partial charge in [0.15, 0.2) is 0 Å². The van der Waals surface area contributed by atoms with E-state index in [0.717, 1.165) is 32.0 Å². The lowest BCUT2D eigenvalue weighted by atomic mass is 9.98. The summed E-state index contributed by atoms with van der Waals surface area (Å²) in [5, 5.41) is 3.28. The van der Waals surface area contributed by atoms with Gasteiger partial charge in [0.05, 0.1) is 12.6 Å². The molecule has 1 saturated carbocycles. The number of halogens is 2. The normalized spacial score (nSPS) is 25.0. The van der Waals surface area contributed by atoms with Crippen LogP contribution in [0, 0.1) is 11.8 Å². The van der Waals surface area contributed by atoms with Crippen LogP contribution in [0.1, 0.15) is 25.7 Å². The monoisotopic (exact) mass is 417 g/mol. The second-order valence-electron chi connectivity index (χ2n) is 7.57. The standard InChI is InChI=1S/C17H27N7O.2ClH/c18-14-7-15(22-17(19)21-14)24-8-12(11-3-4-11)13(9-24)20-16(25)10-23-5-1-2-6-23;;/h7,11-13H,1-6,8-10H2,(H,20,25)(H4,18,19,21,22);2*1H/t12-,13+;;/m1../s1. The molecular formula is C17H29Cl2N7O. The third kappa shape index (κ3) is 5.27. The van der Waals surface area contributed by atoms with Crippen LogP contribution < -0.4 is 21.7 Å². The van der Waals surface area contributed by atoms with Crippen LogP contribution in [-0.2, 0) is 4.79 Å². The lowest BCUT2D eigenvalue weighted by Gasteiger charge is -2.21. The molecule has 4 rings (SSSR count). The Labute approximate surface area is 172 Å². The summed E-state index contributed by atoms with van der Waals surface area (Å²) in [6.07, 6.45) is 4.91. The number of aromatic nitrogens is 2. The molecule has 5 N–H and O–H groups in total. The SMILES string of the molecule is Cl.Cl.Nc1cc(N2C[C@H](NC(=O)CN3CCCC3)[C@@H](C3CC3)C2)nc(N)n1. The molecule has 2 aliphatic heterocycles. The molecule has 0 aromatic carbocycles. The fourth-order valence-corrected chi connectivity index (χ4v) is 4.20. The average molecular weight is 418 g/mol. The van der Waals surface area contributed by atoms with Crippen molar-refractivity contribution < 1.29 is 4.79 Å². The summed E-state index contributed by atoms with van der Waals surface area (Å²) in [7, 11) is 0. The Morgan fingerprint density at radius 2 is 1.85 bits per heavy atom. The number of hydrogen-bond acceptors (Lipinski definition) is 7. The minimum atomic E-state index is 0. The van der Waals surface area contributed by atoms with E-state index in [0.29, 0.717) is 24.2 Å². The van der Waals surface area contributed by atoms with Crippen molar-refractivity contribution in [2.45, 2.75) is 31.7 Å². The summed E-state index contributed by atoms with van der Waals surface area (Å²) >= 11 is 0. The fraction of sp³-hybridized carbons (Fsp3) is 0.706. The van der Waals surface area contributed by atoms with Crippen molar-refractivity contribution in [2.75, 3.05) is 49.1 Å². The Morgan fingerprint density at radius 1 is 1.15 bits per heavy atom. The second-order valence-corrected chi connectivity index (χ2v) is 7.57. The van der Waals surface area contributed by atoms with Gasteiger partial charge in [-0.3, -0.25) is 9.69 Å². The lowest BCUT2D eigenvalue weighted by Crippen LogP contribution is -2.45. The predicted octanol–water partition coefficient (Wildman–Crippen LogP) is 0.911. The zero-order valence-corrected chi connectivity index (χ0v) is 17.0. The summed E-state index contributed by atoms with van der Waals surface area (Å²) in [5.41, 5.74) is 11.5. The fourth-order valence-electron chi connectivity index (χ4n) is 4.20. The van der Waals surface area contributed by atoms with Crippen molar-refractivity contribution >= 4 is 48.3 Å². The van der Waals surface area contributed by atoms with Crippen LogP contribution in [0.5, 0.6) is 0 Å². The number of amides is 1. The van der Waals surface area contributed by atoms with Crippen LogP contribution in [0.2, 0.25) is 0 Å². The van der Waals surface area contributed by atoms with E-state index in [4.69, 9.17) is 11.5 Å². The third-order valence-electron chi connectivity index (χ3n) is 5.58. The number of rotatable bonds is 5. The number of hydrogen-bond donors (Lipinski definition) is 3. The zero-order valence-electron chi connectivity index (χ0n) is 15.3. The van der Waals surface area contributed by atoms with E-state index >= 15 is 0 Å². The molecule has 1 aromatic rings. The first kappa shape index (κ1) is 21.8. The highest BCUT2D eigenvalue weighted by molar-refractivity contribution is 5.85. The van der Waals surface area contributed by atoms with E-state index in [2.05, 4.69) is 25.1 Å². The van der Waals surface area contributed by atoms with Crippen molar-refractivity contribution in [2.24, 2.45) is 11.8 Å². The third-order valence-corrected chi connectivity index (χ3v) is 5.58. The van der Waals surface area contributed by atoms with Crippen molar-refractivity contribution in [3.63, 3.8) is 0 Å². The highest BCUT2D eigenvalue weighted by atomic mass is 35.5. The summed E-state index contributed by atoms with van der Waals surface area (Å²) in [4.78, 5) is 25.1. The molecule has 2 atom stereocenters. The maximum atomic E-state index is 12.5. The number of nitrogens with one attached hydrogen (secondary N) is 1. The van der Waals surface area contributed by atoms with Gasteiger partial charge in [-0.1, -0.05) is 0 Å². The number of nitrogens with two attached hydrogens (primary N) is 2. The minimum Gasteiger partial charge on any atom is -0.383 e. The largest absolute Gasteiger partial charge is 0.383 e. The molecule has 0 unspecified atom stereocenters. The topological polar surface area (TPSA) is 113 Å². The molecule has 0 spiro atoms. The first-order chi connectivity index (χ1) is 12.1. The number of carbonyl (C=O) groups excluding carboxylic acids is 1. The maximum Gasteiger partial charge on any atom is 0.234 e. The number of likely N-dealkylation sites (tertiary alicyclic amines) is 1. The second kappa shape index (κ2) is 9.12. The van der Waals surface area contributed by atoms with Crippen LogP contribution in [0.25, 0.3) is 0 Å². The Balaban J connectivity index is 0.00000131. The van der Waals surface area contributed by atoms with Gasteiger partial charge in [0.1, 0.15) is 11.6 Å². The summed E-state index contributed by atoms with van der Waals surface area (Å²) in [6, 6.07) is 1.93. The molecule has 27 heavy (non-hydrogen) atoms. The van der Waals surface area contributed by atoms with Gasteiger partial charge < -0.3 is 21.7 Å². The van der Waals surface area contributed by atoms with Gasteiger partial charge in [-0.25, -0.2) is 0 Å². The van der Waals surface area contributed by atoms with Gasteiger partial charge >= 0.3 is 0 Å². The molecule has 3 fully saturated rings. The minimum absolute atomic E-state index is 0. The molecule has 3 heterocycles. The molecule has 8 nitrogen and oxygen atoms in total. The smallest absolute Gasteiger partial charge is 0.234 e. The summed E-state index contributed by atoms with van der Waals surface area (Å²) < 4.78 is 0. The molecule has 10 heteroatoms. The quantitative estimate of drug-likeness (QED) is 0.652. The number of nitrogen functional groups attached to an aromatic ring is 2. The summed E-state index contributed by atoms with van der Waals surface area (Å²) in [5.74, 6) is 2.65. The Hall–Kier alpha value is -1.51. The molecule has 1 aromatic heterocycles. The van der Waals surface area contributed by atoms with Gasteiger partial charge in [0, 0.05) is 25.1 Å². The maximum absolute atomic E-state index is 12.5. The van der Waals surface area contributed by atoms with E-state index < -0.39 is 0 Å². The van der Waals surface area contributed by atoms with Crippen molar-refractivity contribution in [1.82, 2.24) is 20.2 Å². The van der Waals surface area contributed by atoms with Crippen LogP contribution >= 0.6 is 24.8 Å². The number of carbonyl (C=O) groups is 1. The molecule has 2 saturated heterocycles. The molecule has 0 bridgehead atoms. The van der Waals surface area contributed by atoms with E-state index in [1.807, 2.05) is 0 Å². The van der Waals surface area contributed by atoms with Gasteiger partial charge in [-0.15, -0.1) is 24.8 Å². The van der Waals surface area contributed by atoms with E-state index in [1.54, 1.807) is 6.07 Å². The Morgan fingerprint density at radius 3 is 2.48 bits per heavy atom. The van der Waals surface area contributed by atoms with Crippen LogP contribution in [0.3, 0.4) is 0 Å². The first-order valence-electron chi connectivity index (χ1n) is 9.25. The molecule has 3 aliphatic rings. The predicted molar refractivity (Wildman–Crippen MR) is 111 cm³/mol. The highest BCUT2D eigenvalue weighted by Gasteiger charge is 2.43. The van der Waals surface area contributed by atoms with Crippen molar-refractivity contribution in [3.8, 4) is 0 Å². The van der Waals surface area contributed by atoms with Crippen LogP contribution in [0.15, 0.2) is 6.07 Å². The molecular weight excluding hydrogens is 389 g/mol. The molecule has 1 aliphatic carbocycles. The van der Waals surface area contributed by atoms with Gasteiger partial charge in [0.25, 0.3) is 0 Å². The van der Waals surface area contributed by atoms with Gasteiger partial charge in [-0.2, -0.15) is 9.97 Å². The Bertz CT molecular complexity index is 632. The first-order valence-corrected chi connectivity index (χ1v) is 9.25. The van der Waals surface area contributed by atoms with E-state index in [9.17, 15) is 4.79 Å². The number of nitrogens with zero attached hydrogens (tertiary/aromatic N) is 4. The van der Waals surface area contributed by atoms with Crippen LogP contribution in [-0.4, -0.2) is 59.5 Å². The van der Waals surface area contributed by atoms with Crippen LogP contribution in [0.4, 0.5) is 17.6 Å².